The number of fused-ring (bicyclic) bond motifs is 3. The van der Waals surface area contributed by atoms with Gasteiger partial charge in [0, 0.05) is 17.5 Å². The number of nitrogens with zero attached hydrogens (tertiary/aromatic N) is 1. The molecule has 1 aliphatic carbocycles. The molecule has 0 fully saturated rings. The average molecular weight is 302 g/mol. The van der Waals surface area contributed by atoms with Crippen LogP contribution >= 0.6 is 0 Å². The second-order valence-corrected chi connectivity index (χ2v) is 5.26. The van der Waals surface area contributed by atoms with Crippen LogP contribution in [0.3, 0.4) is 0 Å². The van der Waals surface area contributed by atoms with E-state index in [0.29, 0.717) is 6.42 Å². The van der Waals surface area contributed by atoms with Crippen LogP contribution in [0.4, 0.5) is 11.4 Å². The van der Waals surface area contributed by atoms with Crippen LogP contribution in [-0.4, -0.2) is 22.9 Å². The van der Waals surface area contributed by atoms with E-state index in [1.165, 1.54) is 0 Å². The number of carbonyl (C=O) groups excluding carboxylic acids is 2. The molecule has 3 rings (SSSR count). The number of nitro groups is 1. The summed E-state index contributed by atoms with van der Waals surface area (Å²) < 4.78 is 0. The van der Waals surface area contributed by atoms with Gasteiger partial charge < -0.3 is 25.1 Å². The van der Waals surface area contributed by atoms with E-state index in [4.69, 9.17) is 0 Å². The second kappa shape index (κ2) is 4.83. The van der Waals surface area contributed by atoms with Crippen molar-refractivity contribution < 1.29 is 24.7 Å². The summed E-state index contributed by atoms with van der Waals surface area (Å²) in [5, 5.41) is 36.3. The molecule has 0 saturated heterocycles. The number of hydrogen-bond acceptors (Lipinski definition) is 7. The predicted octanol–water partition coefficient (Wildman–Crippen LogP) is -0.838. The van der Waals surface area contributed by atoms with Crippen molar-refractivity contribution in [2.75, 3.05) is 5.32 Å². The third-order valence-electron chi connectivity index (χ3n) is 4.17. The lowest BCUT2D eigenvalue weighted by atomic mass is 9.77. The molecule has 0 amide bonds. The smallest absolute Gasteiger partial charge is 0.275 e. The molecule has 0 unspecified atom stereocenters. The molecule has 8 nitrogen and oxygen atoms in total. The number of aliphatic carboxylic acids is 1. The van der Waals surface area contributed by atoms with Gasteiger partial charge in [-0.1, -0.05) is 12.2 Å². The minimum absolute atomic E-state index is 0.0730. The lowest BCUT2D eigenvalue weighted by Crippen LogP contribution is -2.49. The third kappa shape index (κ3) is 1.92. The zero-order valence-electron chi connectivity index (χ0n) is 11.1. The Labute approximate surface area is 124 Å². The average Bonchev–Trinajstić information content (AvgIpc) is 2.93. The molecule has 0 aromatic heterocycles. The number of carboxylic acid groups (broad SMARTS) is 2. The highest BCUT2D eigenvalue weighted by atomic mass is 16.6. The Kier molecular flexibility index (Phi) is 3.09. The molecule has 1 heterocycles. The standard InChI is InChI=1S/C14H12N2O6/c17-13(18)8-4-5-9(16(21)22)10-6-2-1-3-7(6)12(14(19)20)15-11(8)10/h1-2,4-7,12,15H,3H2,(H,17,18)(H,19,20)/p-2/t6-,7-,12-/m0/s1. The van der Waals surface area contributed by atoms with E-state index >= 15 is 0 Å². The molecule has 0 radical (unpaired) electrons. The second-order valence-electron chi connectivity index (χ2n) is 5.26. The van der Waals surface area contributed by atoms with Crippen molar-refractivity contribution in [1.29, 1.82) is 0 Å². The summed E-state index contributed by atoms with van der Waals surface area (Å²) in [6, 6.07) is 1.03. The van der Waals surface area contributed by atoms with Crippen molar-refractivity contribution in [1.82, 2.24) is 0 Å². The van der Waals surface area contributed by atoms with Crippen molar-refractivity contribution in [2.24, 2.45) is 5.92 Å². The number of carbonyl (C=O) groups is 2. The van der Waals surface area contributed by atoms with Gasteiger partial charge in [-0.2, -0.15) is 0 Å². The largest absolute Gasteiger partial charge is 0.548 e. The fraction of sp³-hybridized carbons (Fsp3) is 0.286. The zero-order valence-corrected chi connectivity index (χ0v) is 11.1. The molecule has 1 aromatic carbocycles. The van der Waals surface area contributed by atoms with Gasteiger partial charge in [-0.15, -0.1) is 0 Å². The van der Waals surface area contributed by atoms with Gasteiger partial charge in [-0.3, -0.25) is 10.1 Å². The third-order valence-corrected chi connectivity index (χ3v) is 4.17. The Morgan fingerprint density at radius 2 is 2.00 bits per heavy atom. The number of benzene rings is 1. The number of hydrogen-bond donors (Lipinski definition) is 1. The van der Waals surface area contributed by atoms with Crippen LogP contribution in [0.25, 0.3) is 0 Å². The number of rotatable bonds is 3. The first-order chi connectivity index (χ1) is 10.4. The quantitative estimate of drug-likeness (QED) is 0.437. The van der Waals surface area contributed by atoms with Gasteiger partial charge in [0.1, 0.15) is 0 Å². The summed E-state index contributed by atoms with van der Waals surface area (Å²) in [5.41, 5.74) is -0.435. The fourth-order valence-electron chi connectivity index (χ4n) is 3.25. The number of aromatic carboxylic acids is 1. The van der Waals surface area contributed by atoms with Crippen LogP contribution in [0.15, 0.2) is 24.3 Å². The Balaban J connectivity index is 2.27. The zero-order chi connectivity index (χ0) is 16.0. The van der Waals surface area contributed by atoms with E-state index in [1.807, 2.05) is 0 Å². The number of carboxylic acids is 2. The minimum atomic E-state index is -1.53. The molecule has 1 aliphatic heterocycles. The lowest BCUT2D eigenvalue weighted by molar-refractivity contribution is -0.385. The van der Waals surface area contributed by atoms with Crippen molar-refractivity contribution in [3.8, 4) is 0 Å². The molecular formula is C14H10N2O6-2. The summed E-state index contributed by atoms with van der Waals surface area (Å²) in [5.74, 6) is -3.90. The normalized spacial score (nSPS) is 25.0. The Morgan fingerprint density at radius 1 is 1.27 bits per heavy atom. The van der Waals surface area contributed by atoms with Gasteiger partial charge in [-0.05, 0) is 18.4 Å². The van der Waals surface area contributed by atoms with Gasteiger partial charge in [0.05, 0.1) is 34.2 Å². The summed E-state index contributed by atoms with van der Waals surface area (Å²) in [6.45, 7) is 0. The molecule has 22 heavy (non-hydrogen) atoms. The molecular weight excluding hydrogens is 292 g/mol. The highest BCUT2D eigenvalue weighted by Crippen LogP contribution is 2.49. The molecule has 1 N–H and O–H groups in total. The van der Waals surface area contributed by atoms with Crippen LogP contribution in [0.5, 0.6) is 0 Å². The molecule has 0 spiro atoms. The molecule has 3 atom stereocenters. The molecule has 0 bridgehead atoms. The maximum atomic E-state index is 11.3. The van der Waals surface area contributed by atoms with Crippen molar-refractivity contribution in [3.05, 3.63) is 45.5 Å². The maximum absolute atomic E-state index is 11.3. The number of allylic oxidation sites excluding steroid dienone is 2. The van der Waals surface area contributed by atoms with E-state index in [-0.39, 0.29) is 22.5 Å². The number of nitrogens with one attached hydrogen (secondary N) is 1. The van der Waals surface area contributed by atoms with Crippen molar-refractivity contribution >= 4 is 23.3 Å². The van der Waals surface area contributed by atoms with E-state index < -0.39 is 34.7 Å². The molecule has 0 saturated carbocycles. The van der Waals surface area contributed by atoms with E-state index in [0.717, 1.165) is 12.1 Å². The summed E-state index contributed by atoms with van der Waals surface area (Å²) in [6.07, 6.45) is 3.83. The van der Waals surface area contributed by atoms with E-state index in [1.54, 1.807) is 12.2 Å². The summed E-state index contributed by atoms with van der Waals surface area (Å²) >= 11 is 0. The maximum Gasteiger partial charge on any atom is 0.275 e. The van der Waals surface area contributed by atoms with Gasteiger partial charge in [0.2, 0.25) is 0 Å². The highest BCUT2D eigenvalue weighted by Gasteiger charge is 2.42. The molecule has 1 aromatic rings. The molecule has 8 heteroatoms. The fourth-order valence-corrected chi connectivity index (χ4v) is 3.25. The van der Waals surface area contributed by atoms with Crippen molar-refractivity contribution in [2.45, 2.75) is 18.4 Å². The van der Waals surface area contributed by atoms with E-state index in [2.05, 4.69) is 5.32 Å². The SMILES string of the molecule is O=C([O-])c1ccc([N+](=O)[O-])c2c1N[C@H](C(=O)[O-])[C@H]1CC=C[C@H]21. The van der Waals surface area contributed by atoms with Crippen LogP contribution in [-0.2, 0) is 4.79 Å². The van der Waals surface area contributed by atoms with Crippen LogP contribution in [0, 0.1) is 16.0 Å². The van der Waals surface area contributed by atoms with Crippen LogP contribution in [0.1, 0.15) is 28.3 Å². The number of nitro benzene ring substituents is 1. The Bertz CT molecular complexity index is 726. The van der Waals surface area contributed by atoms with Gasteiger partial charge >= 0.3 is 0 Å². The minimum Gasteiger partial charge on any atom is -0.548 e. The van der Waals surface area contributed by atoms with Gasteiger partial charge in [-0.25, -0.2) is 0 Å². The first kappa shape index (κ1) is 14.1. The summed E-state index contributed by atoms with van der Waals surface area (Å²) in [7, 11) is 0. The summed E-state index contributed by atoms with van der Waals surface area (Å²) in [4.78, 5) is 33.1. The molecule has 2 aliphatic rings. The first-order valence-corrected chi connectivity index (χ1v) is 6.58. The Hall–Kier alpha value is -2.90. The number of anilines is 1. The van der Waals surface area contributed by atoms with Gasteiger partial charge in [0.25, 0.3) is 5.69 Å². The lowest BCUT2D eigenvalue weighted by Gasteiger charge is -2.38. The van der Waals surface area contributed by atoms with E-state index in [9.17, 15) is 29.9 Å². The van der Waals surface area contributed by atoms with Crippen molar-refractivity contribution in [3.63, 3.8) is 0 Å². The first-order valence-electron chi connectivity index (χ1n) is 6.58. The van der Waals surface area contributed by atoms with Crippen LogP contribution < -0.4 is 15.5 Å². The predicted molar refractivity (Wildman–Crippen MR) is 69.8 cm³/mol. The molecule has 114 valence electrons. The highest BCUT2D eigenvalue weighted by molar-refractivity contribution is 5.97. The van der Waals surface area contributed by atoms with Crippen LogP contribution in [0.2, 0.25) is 0 Å². The Morgan fingerprint density at radius 3 is 2.59 bits per heavy atom. The topological polar surface area (TPSA) is 135 Å². The van der Waals surface area contributed by atoms with Gasteiger partial charge in [0.15, 0.2) is 0 Å². The monoisotopic (exact) mass is 302 g/mol.